The molecule has 0 aliphatic heterocycles. The highest BCUT2D eigenvalue weighted by Crippen LogP contribution is 2.46. The van der Waals surface area contributed by atoms with Gasteiger partial charge >= 0.3 is 0 Å². The standard InChI is InChI=1S/C18H33Cl/c1-2-3-5-11-18(12-6-4-7-13-18)14-10-16-8-9-17(19)15-16/h16-17H,2-15H2,1H3. The van der Waals surface area contributed by atoms with Gasteiger partial charge in [-0.25, -0.2) is 0 Å². The van der Waals surface area contributed by atoms with Crippen LogP contribution in [0.2, 0.25) is 0 Å². The van der Waals surface area contributed by atoms with E-state index in [9.17, 15) is 0 Å². The highest BCUT2D eigenvalue weighted by atomic mass is 35.5. The minimum atomic E-state index is 0.493. The van der Waals surface area contributed by atoms with Crippen molar-refractivity contribution in [3.05, 3.63) is 0 Å². The van der Waals surface area contributed by atoms with Crippen LogP contribution in [0, 0.1) is 11.3 Å². The maximum atomic E-state index is 6.27. The van der Waals surface area contributed by atoms with Crippen molar-refractivity contribution >= 4 is 11.6 Å². The van der Waals surface area contributed by atoms with Gasteiger partial charge in [-0.3, -0.25) is 0 Å². The van der Waals surface area contributed by atoms with E-state index < -0.39 is 0 Å². The van der Waals surface area contributed by atoms with E-state index in [-0.39, 0.29) is 0 Å². The average molecular weight is 285 g/mol. The van der Waals surface area contributed by atoms with Crippen LogP contribution in [0.4, 0.5) is 0 Å². The molecule has 112 valence electrons. The average Bonchev–Trinajstić information content (AvgIpc) is 2.84. The molecule has 0 bridgehead atoms. The summed E-state index contributed by atoms with van der Waals surface area (Å²) in [7, 11) is 0. The van der Waals surface area contributed by atoms with Crippen molar-refractivity contribution in [2.45, 2.75) is 102 Å². The van der Waals surface area contributed by atoms with E-state index in [1.54, 1.807) is 0 Å². The van der Waals surface area contributed by atoms with Gasteiger partial charge in [0.25, 0.3) is 0 Å². The number of unbranched alkanes of at least 4 members (excludes halogenated alkanes) is 2. The third kappa shape index (κ3) is 4.96. The first-order chi connectivity index (χ1) is 9.24. The number of hydrogen-bond donors (Lipinski definition) is 0. The van der Waals surface area contributed by atoms with Gasteiger partial charge in [-0.05, 0) is 62.7 Å². The minimum absolute atomic E-state index is 0.493. The lowest BCUT2D eigenvalue weighted by Crippen LogP contribution is -2.25. The van der Waals surface area contributed by atoms with Gasteiger partial charge in [-0.1, -0.05) is 45.4 Å². The zero-order valence-electron chi connectivity index (χ0n) is 12.9. The van der Waals surface area contributed by atoms with E-state index >= 15 is 0 Å². The molecule has 0 spiro atoms. The van der Waals surface area contributed by atoms with Crippen LogP contribution in [0.5, 0.6) is 0 Å². The van der Waals surface area contributed by atoms with Crippen molar-refractivity contribution in [3.63, 3.8) is 0 Å². The molecular formula is C18H33Cl. The summed E-state index contributed by atoms with van der Waals surface area (Å²) in [6.45, 7) is 2.33. The second-order valence-corrected chi connectivity index (χ2v) is 7.95. The molecule has 2 atom stereocenters. The van der Waals surface area contributed by atoms with Crippen molar-refractivity contribution in [1.29, 1.82) is 0 Å². The predicted octanol–water partition coefficient (Wildman–Crippen LogP) is 6.70. The Balaban J connectivity index is 1.79. The molecule has 0 aromatic rings. The molecule has 2 fully saturated rings. The summed E-state index contributed by atoms with van der Waals surface area (Å²) in [6, 6.07) is 0. The lowest BCUT2D eigenvalue weighted by molar-refractivity contribution is 0.139. The fourth-order valence-electron chi connectivity index (χ4n) is 4.46. The highest BCUT2D eigenvalue weighted by molar-refractivity contribution is 6.20. The van der Waals surface area contributed by atoms with E-state index in [0.29, 0.717) is 5.38 Å². The normalized spacial score (nSPS) is 30.6. The summed E-state index contributed by atoms with van der Waals surface area (Å²) >= 11 is 6.27. The first-order valence-electron chi connectivity index (χ1n) is 8.88. The van der Waals surface area contributed by atoms with Gasteiger partial charge in [0.1, 0.15) is 0 Å². The van der Waals surface area contributed by atoms with Crippen LogP contribution in [0.1, 0.15) is 96.8 Å². The van der Waals surface area contributed by atoms with Crippen LogP contribution in [0.3, 0.4) is 0 Å². The second kappa shape index (κ2) is 7.91. The zero-order chi connectivity index (χ0) is 13.6. The number of rotatable bonds is 7. The number of hydrogen-bond acceptors (Lipinski definition) is 0. The van der Waals surface area contributed by atoms with E-state index in [1.165, 1.54) is 89.9 Å². The lowest BCUT2D eigenvalue weighted by Gasteiger charge is -2.38. The fraction of sp³-hybridized carbons (Fsp3) is 1.00. The van der Waals surface area contributed by atoms with Gasteiger partial charge in [0.2, 0.25) is 0 Å². The third-order valence-corrected chi connectivity index (χ3v) is 6.18. The van der Waals surface area contributed by atoms with Gasteiger partial charge < -0.3 is 0 Å². The molecule has 0 saturated heterocycles. The summed E-state index contributed by atoms with van der Waals surface area (Å²) < 4.78 is 0. The van der Waals surface area contributed by atoms with Gasteiger partial charge in [0.15, 0.2) is 0 Å². The Labute approximate surface area is 125 Å². The Hall–Kier alpha value is 0.290. The van der Waals surface area contributed by atoms with Crippen LogP contribution >= 0.6 is 11.6 Å². The largest absolute Gasteiger partial charge is 0.123 e. The van der Waals surface area contributed by atoms with Gasteiger partial charge in [-0.2, -0.15) is 0 Å². The molecule has 2 rings (SSSR count). The molecule has 0 aromatic carbocycles. The first kappa shape index (κ1) is 15.7. The molecule has 1 heteroatoms. The Kier molecular flexibility index (Phi) is 6.53. The summed E-state index contributed by atoms with van der Waals surface area (Å²) in [5.41, 5.74) is 0.734. The van der Waals surface area contributed by atoms with Crippen LogP contribution in [-0.2, 0) is 0 Å². The molecule has 0 heterocycles. The summed E-state index contributed by atoms with van der Waals surface area (Å²) in [6.07, 6.45) is 20.3. The third-order valence-electron chi connectivity index (χ3n) is 5.79. The Morgan fingerprint density at radius 1 is 1.00 bits per heavy atom. The number of halogens is 1. The maximum absolute atomic E-state index is 6.27. The van der Waals surface area contributed by atoms with Gasteiger partial charge in [0.05, 0.1) is 0 Å². The van der Waals surface area contributed by atoms with Crippen molar-refractivity contribution in [3.8, 4) is 0 Å². The molecule has 2 saturated carbocycles. The molecule has 2 aliphatic carbocycles. The Morgan fingerprint density at radius 3 is 2.42 bits per heavy atom. The summed E-state index contributed by atoms with van der Waals surface area (Å²) in [5.74, 6) is 0.951. The van der Waals surface area contributed by atoms with Crippen LogP contribution in [-0.4, -0.2) is 5.38 Å². The predicted molar refractivity (Wildman–Crippen MR) is 85.9 cm³/mol. The molecule has 0 amide bonds. The molecule has 0 radical (unpaired) electrons. The Morgan fingerprint density at radius 2 is 1.79 bits per heavy atom. The van der Waals surface area contributed by atoms with Gasteiger partial charge in [0, 0.05) is 5.38 Å². The van der Waals surface area contributed by atoms with Gasteiger partial charge in [-0.15, -0.1) is 11.6 Å². The molecule has 19 heavy (non-hydrogen) atoms. The van der Waals surface area contributed by atoms with E-state index in [2.05, 4.69) is 6.92 Å². The zero-order valence-corrected chi connectivity index (χ0v) is 13.7. The first-order valence-corrected chi connectivity index (χ1v) is 9.32. The molecular weight excluding hydrogens is 252 g/mol. The topological polar surface area (TPSA) is 0 Å². The highest BCUT2D eigenvalue weighted by Gasteiger charge is 2.33. The molecule has 2 unspecified atom stereocenters. The van der Waals surface area contributed by atoms with Crippen molar-refractivity contribution < 1.29 is 0 Å². The quantitative estimate of drug-likeness (QED) is 0.360. The minimum Gasteiger partial charge on any atom is -0.123 e. The van der Waals surface area contributed by atoms with Crippen LogP contribution in [0.25, 0.3) is 0 Å². The van der Waals surface area contributed by atoms with Crippen LogP contribution < -0.4 is 0 Å². The fourth-order valence-corrected chi connectivity index (χ4v) is 4.84. The van der Waals surface area contributed by atoms with Crippen molar-refractivity contribution in [2.24, 2.45) is 11.3 Å². The van der Waals surface area contributed by atoms with E-state index in [0.717, 1.165) is 11.3 Å². The monoisotopic (exact) mass is 284 g/mol. The Bertz CT molecular complexity index is 242. The second-order valence-electron chi connectivity index (χ2n) is 7.33. The summed E-state index contributed by atoms with van der Waals surface area (Å²) in [4.78, 5) is 0. The molecule has 0 N–H and O–H groups in total. The van der Waals surface area contributed by atoms with Crippen molar-refractivity contribution in [2.75, 3.05) is 0 Å². The summed E-state index contributed by atoms with van der Waals surface area (Å²) in [5, 5.41) is 0.493. The molecule has 2 aliphatic rings. The number of alkyl halides is 1. The molecule has 0 nitrogen and oxygen atoms in total. The van der Waals surface area contributed by atoms with E-state index in [1.807, 2.05) is 0 Å². The maximum Gasteiger partial charge on any atom is 0.0338 e. The SMILES string of the molecule is CCCCCC1(CCC2CCC(Cl)C2)CCCCC1. The lowest BCUT2D eigenvalue weighted by atomic mass is 9.67. The van der Waals surface area contributed by atoms with E-state index in [4.69, 9.17) is 11.6 Å². The van der Waals surface area contributed by atoms with Crippen LogP contribution in [0.15, 0.2) is 0 Å². The smallest absolute Gasteiger partial charge is 0.0338 e. The van der Waals surface area contributed by atoms with Crippen molar-refractivity contribution in [1.82, 2.24) is 0 Å². The molecule has 0 aromatic heterocycles.